The Bertz CT molecular complexity index is 879. The predicted molar refractivity (Wildman–Crippen MR) is 97.1 cm³/mol. The van der Waals surface area contributed by atoms with Gasteiger partial charge in [-0.05, 0) is 42.8 Å². The maximum absolute atomic E-state index is 13.2. The topological polar surface area (TPSA) is 78.5 Å². The number of carbonyl (C=O) groups excluding carboxylic acids is 1. The number of benzene rings is 2. The van der Waals surface area contributed by atoms with Crippen LogP contribution in [0.5, 0.6) is 0 Å². The van der Waals surface area contributed by atoms with E-state index in [0.29, 0.717) is 24.3 Å². The van der Waals surface area contributed by atoms with Gasteiger partial charge in [0.2, 0.25) is 0 Å². The van der Waals surface area contributed by atoms with Crippen LogP contribution in [0.25, 0.3) is 0 Å². The van der Waals surface area contributed by atoms with Gasteiger partial charge >= 0.3 is 0 Å². The fourth-order valence-corrected chi connectivity index (χ4v) is 4.47. The summed E-state index contributed by atoms with van der Waals surface area (Å²) < 4.78 is 27.8. The number of carbonyl (C=O) groups is 1. The van der Waals surface area contributed by atoms with Crippen LogP contribution in [0, 0.1) is 0 Å². The number of nitrogens with zero attached hydrogens (tertiary/aromatic N) is 1. The van der Waals surface area contributed by atoms with Gasteiger partial charge in [-0.2, -0.15) is 0 Å². The standard InChI is InChI=1S/C18H21N3O3S/c1-13-12-21(17-6-4-3-5-15(17)11-20-13)25(23,24)16-9-7-14(8-10-16)18(22)19-2/h3-10,13,20H,11-12H2,1-2H3,(H,19,22). The quantitative estimate of drug-likeness (QED) is 0.875. The third-order valence-electron chi connectivity index (χ3n) is 4.27. The lowest BCUT2D eigenvalue weighted by Gasteiger charge is -2.26. The highest BCUT2D eigenvalue weighted by molar-refractivity contribution is 7.92. The van der Waals surface area contributed by atoms with Crippen molar-refractivity contribution in [3.63, 3.8) is 0 Å². The first-order valence-corrected chi connectivity index (χ1v) is 9.53. The van der Waals surface area contributed by atoms with Gasteiger partial charge in [0, 0.05) is 31.7 Å². The van der Waals surface area contributed by atoms with E-state index < -0.39 is 10.0 Å². The zero-order valence-corrected chi connectivity index (χ0v) is 15.0. The Morgan fingerprint density at radius 1 is 1.16 bits per heavy atom. The van der Waals surface area contributed by atoms with Gasteiger partial charge in [0.25, 0.3) is 15.9 Å². The molecule has 0 saturated carbocycles. The minimum Gasteiger partial charge on any atom is -0.355 e. The van der Waals surface area contributed by atoms with E-state index in [1.165, 1.54) is 35.6 Å². The number of rotatable bonds is 3. The second kappa shape index (κ2) is 6.85. The monoisotopic (exact) mass is 359 g/mol. The van der Waals surface area contributed by atoms with Gasteiger partial charge in [0.05, 0.1) is 10.6 Å². The molecule has 2 aromatic carbocycles. The number of nitrogens with one attached hydrogen (secondary N) is 2. The van der Waals surface area contributed by atoms with Crippen LogP contribution in [-0.2, 0) is 16.6 Å². The highest BCUT2D eigenvalue weighted by Crippen LogP contribution is 2.29. The molecule has 1 aliphatic rings. The Kier molecular flexibility index (Phi) is 4.78. The number of fused-ring (bicyclic) bond motifs is 1. The van der Waals surface area contributed by atoms with Crippen molar-refractivity contribution in [3.05, 3.63) is 59.7 Å². The largest absolute Gasteiger partial charge is 0.355 e. The summed E-state index contributed by atoms with van der Waals surface area (Å²) in [5, 5.41) is 5.85. The van der Waals surface area contributed by atoms with Crippen molar-refractivity contribution in [3.8, 4) is 0 Å². The first-order valence-electron chi connectivity index (χ1n) is 8.09. The number of anilines is 1. The normalized spacial score (nSPS) is 17.5. The number of para-hydroxylation sites is 1. The van der Waals surface area contributed by atoms with Gasteiger partial charge in [-0.3, -0.25) is 9.10 Å². The molecular formula is C18H21N3O3S. The van der Waals surface area contributed by atoms with Gasteiger partial charge in [0.1, 0.15) is 0 Å². The van der Waals surface area contributed by atoms with Crippen molar-refractivity contribution >= 4 is 21.6 Å². The van der Waals surface area contributed by atoms with Crippen LogP contribution < -0.4 is 14.9 Å². The molecule has 7 heteroatoms. The maximum Gasteiger partial charge on any atom is 0.264 e. The van der Waals surface area contributed by atoms with Gasteiger partial charge in [-0.25, -0.2) is 8.42 Å². The zero-order chi connectivity index (χ0) is 18.0. The van der Waals surface area contributed by atoms with Crippen LogP contribution in [0.3, 0.4) is 0 Å². The fourth-order valence-electron chi connectivity index (χ4n) is 2.88. The third kappa shape index (κ3) is 3.38. The number of hydrogen-bond donors (Lipinski definition) is 2. The van der Waals surface area contributed by atoms with E-state index in [2.05, 4.69) is 10.6 Å². The van der Waals surface area contributed by atoms with Crippen LogP contribution in [-0.4, -0.2) is 34.0 Å². The first kappa shape index (κ1) is 17.4. The van der Waals surface area contributed by atoms with Gasteiger partial charge in [-0.15, -0.1) is 0 Å². The summed E-state index contributed by atoms with van der Waals surface area (Å²) in [6, 6.07) is 13.5. The molecular weight excluding hydrogens is 338 g/mol. The number of hydrogen-bond acceptors (Lipinski definition) is 4. The van der Waals surface area contributed by atoms with E-state index in [9.17, 15) is 13.2 Å². The highest BCUT2D eigenvalue weighted by Gasteiger charge is 2.30. The predicted octanol–water partition coefficient (Wildman–Crippen LogP) is 1.73. The van der Waals surface area contributed by atoms with Crippen molar-refractivity contribution < 1.29 is 13.2 Å². The first-order chi connectivity index (χ1) is 11.9. The minimum atomic E-state index is -3.72. The van der Waals surface area contributed by atoms with Crippen LogP contribution >= 0.6 is 0 Å². The summed E-state index contributed by atoms with van der Waals surface area (Å²) in [7, 11) is -2.18. The average Bonchev–Trinajstić information content (AvgIpc) is 2.81. The van der Waals surface area contributed by atoms with Crippen molar-refractivity contribution in [1.82, 2.24) is 10.6 Å². The summed E-state index contributed by atoms with van der Waals surface area (Å²) in [5.74, 6) is -0.248. The molecule has 1 amide bonds. The molecule has 0 aromatic heterocycles. The summed E-state index contributed by atoms with van der Waals surface area (Å²) >= 11 is 0. The lowest BCUT2D eigenvalue weighted by Crippen LogP contribution is -2.39. The van der Waals surface area contributed by atoms with Crippen LogP contribution in [0.4, 0.5) is 5.69 Å². The molecule has 2 aromatic rings. The zero-order valence-electron chi connectivity index (χ0n) is 14.2. The SMILES string of the molecule is CNC(=O)c1ccc(S(=O)(=O)N2CC(C)NCc3ccccc32)cc1. The number of amides is 1. The Labute approximate surface area is 147 Å². The second-order valence-corrected chi connectivity index (χ2v) is 7.91. The molecule has 0 aliphatic carbocycles. The summed E-state index contributed by atoms with van der Waals surface area (Å²) in [6.07, 6.45) is 0. The molecule has 1 aliphatic heterocycles. The van der Waals surface area contributed by atoms with Crippen molar-refractivity contribution in [1.29, 1.82) is 0 Å². The van der Waals surface area contributed by atoms with Crippen LogP contribution in [0.1, 0.15) is 22.8 Å². The second-order valence-electron chi connectivity index (χ2n) is 6.05. The Hall–Kier alpha value is -2.38. The van der Waals surface area contributed by atoms with E-state index in [1.807, 2.05) is 31.2 Å². The fraction of sp³-hybridized carbons (Fsp3) is 0.278. The molecule has 3 rings (SSSR count). The third-order valence-corrected chi connectivity index (χ3v) is 6.07. The Morgan fingerprint density at radius 2 is 1.84 bits per heavy atom. The van der Waals surface area contributed by atoms with Gasteiger partial charge in [-0.1, -0.05) is 18.2 Å². The summed E-state index contributed by atoms with van der Waals surface area (Å²) in [6.45, 7) is 2.93. The number of sulfonamides is 1. The molecule has 1 unspecified atom stereocenters. The Morgan fingerprint density at radius 3 is 2.52 bits per heavy atom. The molecule has 2 N–H and O–H groups in total. The highest BCUT2D eigenvalue weighted by atomic mass is 32.2. The molecule has 6 nitrogen and oxygen atoms in total. The molecule has 1 atom stereocenters. The van der Waals surface area contributed by atoms with Crippen molar-refractivity contribution in [2.45, 2.75) is 24.4 Å². The average molecular weight is 359 g/mol. The van der Waals surface area contributed by atoms with Gasteiger partial charge in [0.15, 0.2) is 0 Å². The van der Waals surface area contributed by atoms with Crippen LogP contribution in [0.15, 0.2) is 53.4 Å². The van der Waals surface area contributed by atoms with Crippen molar-refractivity contribution in [2.24, 2.45) is 0 Å². The van der Waals surface area contributed by atoms with E-state index in [4.69, 9.17) is 0 Å². The lowest BCUT2D eigenvalue weighted by molar-refractivity contribution is 0.0963. The molecule has 0 spiro atoms. The molecule has 132 valence electrons. The molecule has 0 fully saturated rings. The van der Waals surface area contributed by atoms with Crippen molar-refractivity contribution in [2.75, 3.05) is 17.9 Å². The summed E-state index contributed by atoms with van der Waals surface area (Å²) in [5.41, 5.74) is 2.06. The Balaban J connectivity index is 2.02. The van der Waals surface area contributed by atoms with E-state index in [-0.39, 0.29) is 16.8 Å². The van der Waals surface area contributed by atoms with Crippen LogP contribution in [0.2, 0.25) is 0 Å². The molecule has 0 radical (unpaired) electrons. The smallest absolute Gasteiger partial charge is 0.264 e. The summed E-state index contributed by atoms with van der Waals surface area (Å²) in [4.78, 5) is 11.8. The molecule has 25 heavy (non-hydrogen) atoms. The van der Waals surface area contributed by atoms with E-state index in [0.717, 1.165) is 5.56 Å². The molecule has 0 bridgehead atoms. The lowest BCUT2D eigenvalue weighted by atomic mass is 10.2. The van der Waals surface area contributed by atoms with Gasteiger partial charge < -0.3 is 10.6 Å². The van der Waals surface area contributed by atoms with E-state index in [1.54, 1.807) is 0 Å². The maximum atomic E-state index is 13.2. The minimum absolute atomic E-state index is 0.0207. The molecule has 1 heterocycles. The molecule has 0 saturated heterocycles. The van der Waals surface area contributed by atoms with E-state index >= 15 is 0 Å².